The van der Waals surface area contributed by atoms with Crippen molar-refractivity contribution in [1.29, 1.82) is 0 Å². The van der Waals surface area contributed by atoms with Gasteiger partial charge in [-0.05, 0) is 21.5 Å². The lowest BCUT2D eigenvalue weighted by Gasteiger charge is -2.11. The normalized spacial score (nSPS) is 10.7. The van der Waals surface area contributed by atoms with Crippen molar-refractivity contribution in [3.63, 3.8) is 0 Å². The van der Waals surface area contributed by atoms with Crippen LogP contribution in [0.3, 0.4) is 0 Å². The number of nitrogens with zero attached hydrogens (tertiary/aromatic N) is 1. The van der Waals surface area contributed by atoms with Gasteiger partial charge in [0.15, 0.2) is 0 Å². The van der Waals surface area contributed by atoms with Gasteiger partial charge in [-0.3, -0.25) is 9.78 Å². The molecule has 1 heterocycles. The summed E-state index contributed by atoms with van der Waals surface area (Å²) in [7, 11) is 1.24. The summed E-state index contributed by atoms with van der Waals surface area (Å²) in [5.41, 5.74) is 0.445. The van der Waals surface area contributed by atoms with Gasteiger partial charge >= 0.3 is 5.97 Å². The molecule has 0 atom stereocenters. The number of pyridine rings is 1. The topological polar surface area (TPSA) is 39.2 Å². The van der Waals surface area contributed by atoms with Crippen molar-refractivity contribution in [3.8, 4) is 0 Å². The minimum absolute atomic E-state index is 0.0909. The van der Waals surface area contributed by atoms with Crippen LogP contribution in [0.2, 0.25) is 0 Å². The number of hydrogen-bond acceptors (Lipinski definition) is 3. The summed E-state index contributed by atoms with van der Waals surface area (Å²) in [6, 6.07) is 0. The predicted octanol–water partition coefficient (Wildman–Crippen LogP) is 3.39. The van der Waals surface area contributed by atoms with E-state index in [1.165, 1.54) is 13.3 Å². The van der Waals surface area contributed by atoms with Gasteiger partial charge in [-0.2, -0.15) is 0 Å². The molecular weight excluding hydrogens is 364 g/mol. The van der Waals surface area contributed by atoms with E-state index in [1.54, 1.807) is 0 Å². The molecule has 1 aromatic heterocycles. The number of esters is 1. The standard InChI is InChI=1S/C10H9Br2F2NO2/c1-17-7(16)2-5-4-15-6(3-11)8(9(5)12)10(13)14/h4,10H,2-3H2,1H3. The van der Waals surface area contributed by atoms with Crippen LogP contribution in [-0.4, -0.2) is 18.1 Å². The van der Waals surface area contributed by atoms with E-state index in [0.717, 1.165) is 0 Å². The number of carbonyl (C=O) groups excluding carboxylic acids is 1. The lowest BCUT2D eigenvalue weighted by molar-refractivity contribution is -0.139. The van der Waals surface area contributed by atoms with Crippen molar-refractivity contribution < 1.29 is 18.3 Å². The average Bonchev–Trinajstić information content (AvgIpc) is 2.30. The van der Waals surface area contributed by atoms with Crippen LogP contribution in [0.4, 0.5) is 8.78 Å². The Hall–Kier alpha value is -0.560. The van der Waals surface area contributed by atoms with Crippen molar-refractivity contribution in [2.45, 2.75) is 18.2 Å². The number of alkyl halides is 3. The smallest absolute Gasteiger partial charge is 0.310 e. The van der Waals surface area contributed by atoms with Crippen LogP contribution in [0, 0.1) is 0 Å². The fourth-order valence-corrected chi connectivity index (χ4v) is 2.35. The van der Waals surface area contributed by atoms with Crippen LogP contribution in [-0.2, 0) is 21.3 Å². The van der Waals surface area contributed by atoms with E-state index in [2.05, 4.69) is 41.6 Å². The molecule has 0 aliphatic rings. The van der Waals surface area contributed by atoms with Crippen LogP contribution in [0.1, 0.15) is 23.2 Å². The number of aromatic nitrogens is 1. The Morgan fingerprint density at radius 3 is 2.71 bits per heavy atom. The summed E-state index contributed by atoms with van der Waals surface area (Å²) < 4.78 is 30.4. The number of hydrogen-bond donors (Lipinski definition) is 0. The van der Waals surface area contributed by atoms with E-state index in [-0.39, 0.29) is 27.5 Å². The Morgan fingerprint density at radius 2 is 2.24 bits per heavy atom. The first-order chi connectivity index (χ1) is 8.01. The SMILES string of the molecule is COC(=O)Cc1cnc(CBr)c(C(F)F)c1Br. The Kier molecular flexibility index (Phi) is 5.45. The second kappa shape index (κ2) is 6.39. The molecule has 0 saturated carbocycles. The first-order valence-electron chi connectivity index (χ1n) is 4.58. The highest BCUT2D eigenvalue weighted by atomic mass is 79.9. The first-order valence-corrected chi connectivity index (χ1v) is 6.49. The highest BCUT2D eigenvalue weighted by Crippen LogP contribution is 2.33. The van der Waals surface area contributed by atoms with Crippen LogP contribution < -0.4 is 0 Å². The second-order valence-electron chi connectivity index (χ2n) is 3.15. The lowest BCUT2D eigenvalue weighted by Crippen LogP contribution is -2.08. The number of halogens is 4. The second-order valence-corrected chi connectivity index (χ2v) is 4.50. The first kappa shape index (κ1) is 14.5. The maximum absolute atomic E-state index is 12.9. The minimum atomic E-state index is -2.65. The third-order valence-electron chi connectivity index (χ3n) is 2.11. The Bertz CT molecular complexity index is 427. The molecule has 1 rings (SSSR count). The third kappa shape index (κ3) is 3.45. The van der Waals surface area contributed by atoms with Crippen molar-refractivity contribution in [2.75, 3.05) is 7.11 Å². The van der Waals surface area contributed by atoms with E-state index in [4.69, 9.17) is 0 Å². The number of carbonyl (C=O) groups is 1. The molecule has 0 saturated heterocycles. The molecule has 0 spiro atoms. The molecule has 17 heavy (non-hydrogen) atoms. The zero-order chi connectivity index (χ0) is 13.0. The van der Waals surface area contributed by atoms with Gasteiger partial charge in [0, 0.05) is 16.0 Å². The number of methoxy groups -OCH3 is 1. The average molecular weight is 373 g/mol. The van der Waals surface area contributed by atoms with Gasteiger partial charge in [0.05, 0.1) is 24.8 Å². The van der Waals surface area contributed by atoms with E-state index < -0.39 is 12.4 Å². The molecule has 0 bridgehead atoms. The van der Waals surface area contributed by atoms with E-state index in [9.17, 15) is 13.6 Å². The maximum Gasteiger partial charge on any atom is 0.310 e. The van der Waals surface area contributed by atoms with Crippen LogP contribution in [0.15, 0.2) is 10.7 Å². The molecule has 7 heteroatoms. The van der Waals surface area contributed by atoms with Gasteiger partial charge in [0.25, 0.3) is 6.43 Å². The minimum Gasteiger partial charge on any atom is -0.469 e. The van der Waals surface area contributed by atoms with Crippen molar-refractivity contribution in [3.05, 3.63) is 27.5 Å². The summed E-state index contributed by atoms with van der Waals surface area (Å²) in [6.45, 7) is 0. The van der Waals surface area contributed by atoms with Crippen LogP contribution >= 0.6 is 31.9 Å². The summed E-state index contributed by atoms with van der Waals surface area (Å²) in [5, 5.41) is 0.226. The fraction of sp³-hybridized carbons (Fsp3) is 0.400. The molecule has 0 aliphatic carbocycles. The molecule has 0 radical (unpaired) electrons. The monoisotopic (exact) mass is 371 g/mol. The van der Waals surface area contributed by atoms with Gasteiger partial charge in [-0.15, -0.1) is 0 Å². The molecular formula is C10H9Br2F2NO2. The maximum atomic E-state index is 12.9. The Labute approximate surface area is 114 Å². The molecule has 3 nitrogen and oxygen atoms in total. The van der Waals surface area contributed by atoms with Gasteiger partial charge < -0.3 is 4.74 Å². The number of rotatable bonds is 4. The molecule has 1 aromatic rings. The van der Waals surface area contributed by atoms with Crippen LogP contribution in [0.25, 0.3) is 0 Å². The molecule has 94 valence electrons. The molecule has 0 amide bonds. The predicted molar refractivity (Wildman–Crippen MR) is 65.2 cm³/mol. The van der Waals surface area contributed by atoms with Crippen molar-refractivity contribution in [1.82, 2.24) is 4.98 Å². The van der Waals surface area contributed by atoms with Gasteiger partial charge in [-0.1, -0.05) is 15.9 Å². The van der Waals surface area contributed by atoms with Crippen LogP contribution in [0.5, 0.6) is 0 Å². The van der Waals surface area contributed by atoms with Crippen molar-refractivity contribution >= 4 is 37.8 Å². The quantitative estimate of drug-likeness (QED) is 0.600. The van der Waals surface area contributed by atoms with Gasteiger partial charge in [0.2, 0.25) is 0 Å². The molecule has 0 fully saturated rings. The molecule has 0 unspecified atom stereocenters. The Balaban J connectivity index is 3.18. The van der Waals surface area contributed by atoms with E-state index in [1.807, 2.05) is 0 Å². The molecule has 0 aromatic carbocycles. The fourth-order valence-electron chi connectivity index (χ4n) is 1.26. The van der Waals surface area contributed by atoms with Gasteiger partial charge in [-0.25, -0.2) is 8.78 Å². The summed E-state index contributed by atoms with van der Waals surface area (Å²) in [6.07, 6.45) is -1.35. The number of ether oxygens (including phenoxy) is 1. The van der Waals surface area contributed by atoms with E-state index in [0.29, 0.717) is 5.56 Å². The summed E-state index contributed by atoms with van der Waals surface area (Å²) in [4.78, 5) is 15.0. The van der Waals surface area contributed by atoms with E-state index >= 15 is 0 Å². The zero-order valence-electron chi connectivity index (χ0n) is 8.84. The highest BCUT2D eigenvalue weighted by molar-refractivity contribution is 9.10. The molecule has 0 N–H and O–H groups in total. The molecule has 0 aliphatic heterocycles. The third-order valence-corrected chi connectivity index (χ3v) is 3.58. The largest absolute Gasteiger partial charge is 0.469 e. The zero-order valence-corrected chi connectivity index (χ0v) is 12.0. The highest BCUT2D eigenvalue weighted by Gasteiger charge is 2.21. The summed E-state index contributed by atoms with van der Waals surface area (Å²) in [5.74, 6) is -0.501. The summed E-state index contributed by atoms with van der Waals surface area (Å²) >= 11 is 6.17. The van der Waals surface area contributed by atoms with Gasteiger partial charge in [0.1, 0.15) is 0 Å². The lowest BCUT2D eigenvalue weighted by atomic mass is 10.1. The Morgan fingerprint density at radius 1 is 1.59 bits per heavy atom. The van der Waals surface area contributed by atoms with Crippen molar-refractivity contribution in [2.24, 2.45) is 0 Å².